The van der Waals surface area contributed by atoms with Gasteiger partial charge in [0, 0.05) is 12.7 Å². The predicted octanol–water partition coefficient (Wildman–Crippen LogP) is 1.57. The van der Waals surface area contributed by atoms with Gasteiger partial charge in [-0.15, -0.1) is 0 Å². The summed E-state index contributed by atoms with van der Waals surface area (Å²) < 4.78 is 2.71. The van der Waals surface area contributed by atoms with E-state index in [1.165, 1.54) is 0 Å². The van der Waals surface area contributed by atoms with Crippen LogP contribution in [0.15, 0.2) is 12.4 Å². The molecule has 1 atom stereocenters. The molecule has 0 aliphatic heterocycles. The summed E-state index contributed by atoms with van der Waals surface area (Å²) in [7, 11) is 0. The van der Waals surface area contributed by atoms with Crippen LogP contribution in [0.1, 0.15) is 26.3 Å². The first-order chi connectivity index (χ1) is 6.65. The Morgan fingerprint density at radius 1 is 1.79 bits per heavy atom. The summed E-state index contributed by atoms with van der Waals surface area (Å²) in [5.74, 6) is 0.0198. The Hall–Kier alpha value is -0.590. The molecule has 1 aromatic heterocycles. The van der Waals surface area contributed by atoms with Crippen LogP contribution >= 0.6 is 22.6 Å². The van der Waals surface area contributed by atoms with E-state index in [1.54, 1.807) is 10.9 Å². The molecule has 1 heterocycles. The van der Waals surface area contributed by atoms with Crippen LogP contribution in [0.2, 0.25) is 0 Å². The highest BCUT2D eigenvalue weighted by molar-refractivity contribution is 14.1. The van der Waals surface area contributed by atoms with E-state index in [0.717, 1.165) is 16.5 Å². The van der Waals surface area contributed by atoms with E-state index in [-0.39, 0.29) is 11.9 Å². The second-order valence-electron chi connectivity index (χ2n) is 3.11. The predicted molar refractivity (Wildman–Crippen MR) is 63.0 cm³/mol. The third kappa shape index (κ3) is 2.97. The van der Waals surface area contributed by atoms with Crippen molar-refractivity contribution in [2.45, 2.75) is 26.3 Å². The van der Waals surface area contributed by atoms with Crippen molar-refractivity contribution in [1.29, 1.82) is 0 Å². The van der Waals surface area contributed by atoms with Crippen molar-refractivity contribution in [2.75, 3.05) is 6.54 Å². The molecule has 0 saturated heterocycles. The topological polar surface area (TPSA) is 46.9 Å². The number of nitrogens with one attached hydrogen (secondary N) is 1. The summed E-state index contributed by atoms with van der Waals surface area (Å²) in [6.45, 7) is 4.59. The Morgan fingerprint density at radius 2 is 2.50 bits per heavy atom. The molecule has 1 N–H and O–H groups in total. The molecule has 0 fully saturated rings. The fourth-order valence-corrected chi connectivity index (χ4v) is 1.45. The number of rotatable bonds is 4. The molecule has 0 bridgehead atoms. The van der Waals surface area contributed by atoms with Crippen LogP contribution in [0.4, 0.5) is 0 Å². The summed E-state index contributed by atoms with van der Waals surface area (Å²) in [6.07, 6.45) is 4.55. The van der Waals surface area contributed by atoms with Gasteiger partial charge in [-0.05, 0) is 35.9 Å². The Bertz CT molecular complexity index is 311. The number of hydrogen-bond donors (Lipinski definition) is 1. The number of halogens is 1. The van der Waals surface area contributed by atoms with Gasteiger partial charge >= 0.3 is 0 Å². The molecule has 1 aromatic rings. The highest BCUT2D eigenvalue weighted by Crippen LogP contribution is 2.08. The molecule has 0 radical (unpaired) electrons. The van der Waals surface area contributed by atoms with Gasteiger partial charge in [-0.3, -0.25) is 9.48 Å². The molecule has 1 amide bonds. The molecule has 0 spiro atoms. The number of carbonyl (C=O) groups excluding carboxylic acids is 1. The maximum absolute atomic E-state index is 11.5. The molecular weight excluding hydrogens is 293 g/mol. The van der Waals surface area contributed by atoms with Crippen LogP contribution in [0.3, 0.4) is 0 Å². The summed E-state index contributed by atoms with van der Waals surface area (Å²) in [5, 5.41) is 6.93. The maximum Gasteiger partial charge on any atom is 0.244 e. The zero-order valence-electron chi connectivity index (χ0n) is 8.33. The van der Waals surface area contributed by atoms with Gasteiger partial charge in [0.05, 0.1) is 9.77 Å². The van der Waals surface area contributed by atoms with Crippen LogP contribution in [0, 0.1) is 3.57 Å². The second-order valence-corrected chi connectivity index (χ2v) is 4.35. The largest absolute Gasteiger partial charge is 0.354 e. The molecule has 5 heteroatoms. The van der Waals surface area contributed by atoms with Crippen LogP contribution in [-0.2, 0) is 4.79 Å². The van der Waals surface area contributed by atoms with E-state index in [1.807, 2.05) is 20.0 Å². The van der Waals surface area contributed by atoms with Crippen molar-refractivity contribution in [3.8, 4) is 0 Å². The van der Waals surface area contributed by atoms with Gasteiger partial charge in [0.2, 0.25) is 5.91 Å². The lowest BCUT2D eigenvalue weighted by atomic mass is 10.3. The summed E-state index contributed by atoms with van der Waals surface area (Å²) in [4.78, 5) is 11.5. The zero-order valence-corrected chi connectivity index (χ0v) is 10.5. The fourth-order valence-electron chi connectivity index (χ4n) is 1.04. The van der Waals surface area contributed by atoms with Crippen molar-refractivity contribution >= 4 is 28.5 Å². The molecule has 1 unspecified atom stereocenters. The lowest BCUT2D eigenvalue weighted by Crippen LogP contribution is -2.31. The van der Waals surface area contributed by atoms with Crippen molar-refractivity contribution < 1.29 is 4.79 Å². The van der Waals surface area contributed by atoms with E-state index in [2.05, 4.69) is 33.0 Å². The minimum atomic E-state index is -0.231. The fraction of sp³-hybridized carbons (Fsp3) is 0.556. The van der Waals surface area contributed by atoms with Gasteiger partial charge in [-0.2, -0.15) is 5.10 Å². The number of aromatic nitrogens is 2. The van der Waals surface area contributed by atoms with Crippen LogP contribution in [-0.4, -0.2) is 22.2 Å². The van der Waals surface area contributed by atoms with E-state index >= 15 is 0 Å². The lowest BCUT2D eigenvalue weighted by molar-refractivity contribution is -0.124. The van der Waals surface area contributed by atoms with Gasteiger partial charge in [-0.1, -0.05) is 6.92 Å². The summed E-state index contributed by atoms with van der Waals surface area (Å²) in [6, 6.07) is -0.231. The molecule has 0 aromatic carbocycles. The Labute approximate surface area is 97.2 Å². The van der Waals surface area contributed by atoms with Crippen LogP contribution < -0.4 is 5.32 Å². The van der Waals surface area contributed by atoms with Gasteiger partial charge in [0.1, 0.15) is 6.04 Å². The van der Waals surface area contributed by atoms with E-state index in [9.17, 15) is 4.79 Å². The van der Waals surface area contributed by atoms with Crippen molar-refractivity contribution in [1.82, 2.24) is 15.1 Å². The molecule has 1 rings (SSSR count). The first-order valence-corrected chi connectivity index (χ1v) is 5.70. The maximum atomic E-state index is 11.5. The van der Waals surface area contributed by atoms with E-state index in [0.29, 0.717) is 0 Å². The summed E-state index contributed by atoms with van der Waals surface area (Å²) >= 11 is 2.17. The smallest absolute Gasteiger partial charge is 0.244 e. The molecule has 0 aliphatic rings. The van der Waals surface area contributed by atoms with Crippen molar-refractivity contribution in [2.24, 2.45) is 0 Å². The van der Waals surface area contributed by atoms with Gasteiger partial charge in [0.15, 0.2) is 0 Å². The summed E-state index contributed by atoms with van der Waals surface area (Å²) in [5.41, 5.74) is 0. The zero-order chi connectivity index (χ0) is 10.6. The molecule has 0 aliphatic carbocycles. The highest BCUT2D eigenvalue weighted by Gasteiger charge is 2.14. The quantitative estimate of drug-likeness (QED) is 0.859. The average molecular weight is 307 g/mol. The number of nitrogens with zero attached hydrogens (tertiary/aromatic N) is 2. The van der Waals surface area contributed by atoms with Gasteiger partial charge < -0.3 is 5.32 Å². The van der Waals surface area contributed by atoms with E-state index < -0.39 is 0 Å². The minimum absolute atomic E-state index is 0.0198. The average Bonchev–Trinajstić information content (AvgIpc) is 2.60. The molecule has 4 nitrogen and oxygen atoms in total. The van der Waals surface area contributed by atoms with E-state index in [4.69, 9.17) is 0 Å². The number of hydrogen-bond acceptors (Lipinski definition) is 2. The van der Waals surface area contributed by atoms with Crippen LogP contribution in [0.25, 0.3) is 0 Å². The molecular formula is C9H14IN3O. The normalized spacial score (nSPS) is 12.5. The highest BCUT2D eigenvalue weighted by atomic mass is 127. The van der Waals surface area contributed by atoms with Crippen molar-refractivity contribution in [3.63, 3.8) is 0 Å². The first-order valence-electron chi connectivity index (χ1n) is 4.62. The van der Waals surface area contributed by atoms with Crippen molar-refractivity contribution in [3.05, 3.63) is 16.0 Å². The monoisotopic (exact) mass is 307 g/mol. The molecule has 0 saturated carbocycles. The van der Waals surface area contributed by atoms with Crippen LogP contribution in [0.5, 0.6) is 0 Å². The van der Waals surface area contributed by atoms with Gasteiger partial charge in [-0.25, -0.2) is 0 Å². The number of amides is 1. The SMILES string of the molecule is CCCNC(=O)C(C)n1cc(I)cn1. The first kappa shape index (κ1) is 11.5. The second kappa shape index (κ2) is 5.33. The Kier molecular flexibility index (Phi) is 4.37. The third-order valence-electron chi connectivity index (χ3n) is 1.90. The van der Waals surface area contributed by atoms with Gasteiger partial charge in [0.25, 0.3) is 0 Å². The standard InChI is InChI=1S/C9H14IN3O/c1-3-4-11-9(14)7(2)13-6-8(10)5-12-13/h5-7H,3-4H2,1-2H3,(H,11,14). The Morgan fingerprint density at radius 3 is 3.00 bits per heavy atom. The third-order valence-corrected chi connectivity index (χ3v) is 2.45. The molecule has 14 heavy (non-hydrogen) atoms. The lowest BCUT2D eigenvalue weighted by Gasteiger charge is -2.11. The minimum Gasteiger partial charge on any atom is -0.354 e. The molecule has 78 valence electrons. The Balaban J connectivity index is 2.56. The number of carbonyl (C=O) groups is 1.